The summed E-state index contributed by atoms with van der Waals surface area (Å²) >= 11 is 0. The number of ether oxygens (including phenoxy) is 1. The van der Waals surface area contributed by atoms with Gasteiger partial charge >= 0.3 is 5.97 Å². The van der Waals surface area contributed by atoms with Gasteiger partial charge in [-0.25, -0.2) is 4.79 Å². The fourth-order valence-corrected chi connectivity index (χ4v) is 0.829. The zero-order valence-electron chi connectivity index (χ0n) is 7.15. The van der Waals surface area contributed by atoms with Crippen molar-refractivity contribution in [3.63, 3.8) is 0 Å². The van der Waals surface area contributed by atoms with Crippen LogP contribution in [-0.4, -0.2) is 13.1 Å². The summed E-state index contributed by atoms with van der Waals surface area (Å²) in [7, 11) is 4.47. The lowest BCUT2D eigenvalue weighted by Gasteiger charge is -2.01. The third-order valence-electron chi connectivity index (χ3n) is 1.46. The molecule has 4 nitrogen and oxygen atoms in total. The molecule has 1 radical (unpaired) electrons. The average Bonchev–Trinajstić information content (AvgIpc) is 2.18. The number of benzene rings is 1. The molecule has 0 saturated heterocycles. The number of carbonyl (C=O) groups is 1. The molecular formula is C9H9O4. The van der Waals surface area contributed by atoms with Crippen molar-refractivity contribution in [2.24, 2.45) is 0 Å². The molecule has 0 atom stereocenters. The van der Waals surface area contributed by atoms with Gasteiger partial charge in [-0.2, -0.15) is 4.89 Å². The highest BCUT2D eigenvalue weighted by molar-refractivity contribution is 5.89. The second kappa shape index (κ2) is 4.47. The lowest BCUT2D eigenvalue weighted by molar-refractivity contribution is -0.195. The Kier molecular flexibility index (Phi) is 3.28. The largest absolute Gasteiger partial charge is 0.497 e. The summed E-state index contributed by atoms with van der Waals surface area (Å²) < 4.78 is 4.91. The van der Waals surface area contributed by atoms with Gasteiger partial charge in [-0.15, -0.1) is 0 Å². The Labute approximate surface area is 76.0 Å². The second-order valence-electron chi connectivity index (χ2n) is 2.22. The fraction of sp³-hybridized carbons (Fsp3) is 0.111. The SMILES string of the molecule is [CH2]OOC(=O)c1ccc(OC)cc1. The maximum atomic E-state index is 11.0. The fourth-order valence-electron chi connectivity index (χ4n) is 0.829. The Balaban J connectivity index is 2.74. The van der Waals surface area contributed by atoms with Crippen LogP contribution in [0.25, 0.3) is 0 Å². The predicted octanol–water partition coefficient (Wildman–Crippen LogP) is 1.58. The maximum Gasteiger partial charge on any atom is 0.373 e. The van der Waals surface area contributed by atoms with Crippen LogP contribution in [0.2, 0.25) is 0 Å². The van der Waals surface area contributed by atoms with Gasteiger partial charge in [0.15, 0.2) is 0 Å². The lowest BCUT2D eigenvalue weighted by atomic mass is 10.2. The predicted molar refractivity (Wildman–Crippen MR) is 44.9 cm³/mol. The summed E-state index contributed by atoms with van der Waals surface area (Å²) in [6, 6.07) is 6.44. The first-order valence-corrected chi connectivity index (χ1v) is 3.55. The van der Waals surface area contributed by atoms with Crippen molar-refractivity contribution in [3.8, 4) is 5.75 Å². The third-order valence-corrected chi connectivity index (χ3v) is 1.46. The molecular weight excluding hydrogens is 172 g/mol. The van der Waals surface area contributed by atoms with E-state index in [1.54, 1.807) is 31.4 Å². The summed E-state index contributed by atoms with van der Waals surface area (Å²) in [6.45, 7) is 0. The van der Waals surface area contributed by atoms with Crippen molar-refractivity contribution in [3.05, 3.63) is 36.9 Å². The Morgan fingerprint density at radius 3 is 2.38 bits per heavy atom. The van der Waals surface area contributed by atoms with Gasteiger partial charge in [-0.1, -0.05) is 0 Å². The van der Waals surface area contributed by atoms with E-state index in [0.29, 0.717) is 11.3 Å². The van der Waals surface area contributed by atoms with Crippen molar-refractivity contribution >= 4 is 5.97 Å². The molecule has 0 spiro atoms. The van der Waals surface area contributed by atoms with Crippen LogP contribution in [0.3, 0.4) is 0 Å². The molecule has 0 aliphatic rings. The lowest BCUT2D eigenvalue weighted by Crippen LogP contribution is -2.02. The van der Waals surface area contributed by atoms with E-state index in [-0.39, 0.29) is 0 Å². The average molecular weight is 181 g/mol. The highest BCUT2D eigenvalue weighted by atomic mass is 17.2. The van der Waals surface area contributed by atoms with Crippen LogP contribution in [0.1, 0.15) is 10.4 Å². The molecule has 0 saturated carbocycles. The monoisotopic (exact) mass is 181 g/mol. The van der Waals surface area contributed by atoms with Crippen molar-refractivity contribution in [1.29, 1.82) is 0 Å². The molecule has 69 valence electrons. The van der Waals surface area contributed by atoms with Crippen LogP contribution in [0.4, 0.5) is 0 Å². The van der Waals surface area contributed by atoms with E-state index in [4.69, 9.17) is 4.74 Å². The van der Waals surface area contributed by atoms with E-state index < -0.39 is 5.97 Å². The zero-order valence-corrected chi connectivity index (χ0v) is 7.15. The molecule has 1 aromatic rings. The van der Waals surface area contributed by atoms with Gasteiger partial charge < -0.3 is 4.74 Å². The summed E-state index contributed by atoms with van der Waals surface area (Å²) in [5.41, 5.74) is 0.379. The highest BCUT2D eigenvalue weighted by Gasteiger charge is 2.06. The summed E-state index contributed by atoms with van der Waals surface area (Å²) in [5.74, 6) is 0.0877. The molecule has 1 aromatic carbocycles. The molecule has 1 rings (SSSR count). The van der Waals surface area contributed by atoms with E-state index in [1.807, 2.05) is 0 Å². The first-order valence-electron chi connectivity index (χ1n) is 3.55. The Morgan fingerprint density at radius 1 is 1.31 bits per heavy atom. The van der Waals surface area contributed by atoms with E-state index in [2.05, 4.69) is 16.9 Å². The number of hydrogen-bond donors (Lipinski definition) is 0. The van der Waals surface area contributed by atoms with Gasteiger partial charge in [0.1, 0.15) is 12.9 Å². The molecule has 4 heteroatoms. The number of methoxy groups -OCH3 is 1. The molecule has 0 aromatic heterocycles. The van der Waals surface area contributed by atoms with Gasteiger partial charge in [0, 0.05) is 0 Å². The zero-order chi connectivity index (χ0) is 9.68. The molecule has 0 heterocycles. The van der Waals surface area contributed by atoms with Crippen LogP contribution < -0.4 is 4.74 Å². The van der Waals surface area contributed by atoms with E-state index in [1.165, 1.54) is 0 Å². The minimum atomic E-state index is -0.586. The standard InChI is InChI=1S/C9H9O4/c1-11-8-5-3-7(4-6-8)9(10)13-12-2/h3-6H,2H2,1H3. The van der Waals surface area contributed by atoms with Gasteiger partial charge in [-0.3, -0.25) is 4.89 Å². The first kappa shape index (κ1) is 9.54. The second-order valence-corrected chi connectivity index (χ2v) is 2.22. The van der Waals surface area contributed by atoms with Crippen molar-refractivity contribution in [2.45, 2.75) is 0 Å². The third kappa shape index (κ3) is 2.45. The topological polar surface area (TPSA) is 44.8 Å². The molecule has 13 heavy (non-hydrogen) atoms. The normalized spacial score (nSPS) is 9.38. The van der Waals surface area contributed by atoms with E-state index in [9.17, 15) is 4.79 Å². The first-order chi connectivity index (χ1) is 6.27. The molecule has 0 unspecified atom stereocenters. The van der Waals surface area contributed by atoms with Crippen LogP contribution in [0, 0.1) is 7.11 Å². The number of carbonyl (C=O) groups excluding carboxylic acids is 1. The maximum absolute atomic E-state index is 11.0. The van der Waals surface area contributed by atoms with E-state index in [0.717, 1.165) is 0 Å². The Morgan fingerprint density at radius 2 is 1.92 bits per heavy atom. The van der Waals surface area contributed by atoms with Gasteiger partial charge in [0.25, 0.3) is 0 Å². The highest BCUT2D eigenvalue weighted by Crippen LogP contribution is 2.11. The van der Waals surface area contributed by atoms with Crippen LogP contribution in [0.15, 0.2) is 24.3 Å². The van der Waals surface area contributed by atoms with Crippen molar-refractivity contribution in [1.82, 2.24) is 0 Å². The molecule has 0 fully saturated rings. The molecule has 0 N–H and O–H groups in total. The quantitative estimate of drug-likeness (QED) is 0.524. The Bertz CT molecular complexity index is 278. The van der Waals surface area contributed by atoms with E-state index >= 15 is 0 Å². The number of rotatable bonds is 3. The van der Waals surface area contributed by atoms with Crippen LogP contribution in [0.5, 0.6) is 5.75 Å². The minimum Gasteiger partial charge on any atom is -0.497 e. The summed E-state index contributed by atoms with van der Waals surface area (Å²) in [5, 5.41) is 0. The number of hydrogen-bond acceptors (Lipinski definition) is 4. The van der Waals surface area contributed by atoms with Gasteiger partial charge in [0.05, 0.1) is 12.7 Å². The molecule has 0 aliphatic carbocycles. The van der Waals surface area contributed by atoms with Gasteiger partial charge in [0.2, 0.25) is 0 Å². The smallest absolute Gasteiger partial charge is 0.373 e. The van der Waals surface area contributed by atoms with Crippen molar-refractivity contribution < 1.29 is 19.3 Å². The molecule has 0 aliphatic heterocycles. The van der Waals surface area contributed by atoms with Crippen molar-refractivity contribution in [2.75, 3.05) is 7.11 Å². The van der Waals surface area contributed by atoms with Crippen LogP contribution >= 0.6 is 0 Å². The Hall–Kier alpha value is -1.55. The minimum absolute atomic E-state index is 0.379. The summed E-state index contributed by atoms with van der Waals surface area (Å²) in [6.07, 6.45) is 0. The van der Waals surface area contributed by atoms with Crippen LogP contribution in [-0.2, 0) is 9.78 Å². The summed E-state index contributed by atoms with van der Waals surface area (Å²) in [4.78, 5) is 19.2. The molecule has 0 amide bonds. The van der Waals surface area contributed by atoms with Gasteiger partial charge in [-0.05, 0) is 24.3 Å². The molecule has 0 bridgehead atoms.